The van der Waals surface area contributed by atoms with Crippen molar-refractivity contribution < 1.29 is 0 Å². The number of nitrogens with one attached hydrogen (secondary N) is 1. The first-order valence-corrected chi connectivity index (χ1v) is 7.13. The molecule has 0 bridgehead atoms. The zero-order valence-electron chi connectivity index (χ0n) is 11.3. The molecule has 0 saturated heterocycles. The molecule has 16 heavy (non-hydrogen) atoms. The second-order valence-corrected chi connectivity index (χ2v) is 5.95. The van der Waals surface area contributed by atoms with E-state index in [1.165, 1.54) is 44.9 Å². The highest BCUT2D eigenvalue weighted by Gasteiger charge is 2.28. The third-order valence-electron chi connectivity index (χ3n) is 4.12. The van der Waals surface area contributed by atoms with Gasteiger partial charge in [0.15, 0.2) is 0 Å². The van der Waals surface area contributed by atoms with Gasteiger partial charge in [-0.2, -0.15) is 0 Å². The molecule has 1 aliphatic carbocycles. The van der Waals surface area contributed by atoms with Crippen molar-refractivity contribution in [2.75, 3.05) is 0 Å². The topological polar surface area (TPSA) is 38.0 Å². The number of hydrogen-bond donors (Lipinski definition) is 2. The molecule has 0 radical (unpaired) electrons. The molecule has 0 aromatic carbocycles. The highest BCUT2D eigenvalue weighted by Crippen LogP contribution is 2.35. The molecule has 0 aromatic heterocycles. The maximum Gasteiger partial charge on any atom is 0.0238 e. The summed E-state index contributed by atoms with van der Waals surface area (Å²) in [6.07, 6.45) is 9.36. The standard InChI is InChI=1S/C14H30N2/c1-4-5-6-7-14(16-15)13-9-11(2)8-12(3)10-13/h11-14,16H,4-10,15H2,1-3H3. The Hall–Kier alpha value is -0.0800. The van der Waals surface area contributed by atoms with E-state index in [1.54, 1.807) is 0 Å². The molecule has 0 heterocycles. The summed E-state index contributed by atoms with van der Waals surface area (Å²) >= 11 is 0. The molecule has 2 heteroatoms. The van der Waals surface area contributed by atoms with Crippen LogP contribution in [-0.4, -0.2) is 6.04 Å². The van der Waals surface area contributed by atoms with Crippen molar-refractivity contribution in [3.05, 3.63) is 0 Å². The van der Waals surface area contributed by atoms with Crippen molar-refractivity contribution >= 4 is 0 Å². The summed E-state index contributed by atoms with van der Waals surface area (Å²) in [5.41, 5.74) is 3.07. The molecule has 0 aliphatic heterocycles. The molecule has 1 saturated carbocycles. The molecule has 3 unspecified atom stereocenters. The Morgan fingerprint density at radius 1 is 1.12 bits per heavy atom. The van der Waals surface area contributed by atoms with Gasteiger partial charge in [0.1, 0.15) is 0 Å². The quantitative estimate of drug-likeness (QED) is 0.413. The van der Waals surface area contributed by atoms with Gasteiger partial charge in [0.05, 0.1) is 0 Å². The molecule has 1 rings (SSSR count). The lowest BCUT2D eigenvalue weighted by Crippen LogP contribution is -2.43. The third-order valence-corrected chi connectivity index (χ3v) is 4.12. The zero-order valence-corrected chi connectivity index (χ0v) is 11.3. The minimum atomic E-state index is 0.553. The second kappa shape index (κ2) is 7.29. The lowest BCUT2D eigenvalue weighted by atomic mass is 9.73. The predicted octanol–water partition coefficient (Wildman–Crippen LogP) is 3.47. The summed E-state index contributed by atoms with van der Waals surface area (Å²) in [4.78, 5) is 0. The Balaban J connectivity index is 2.38. The number of nitrogens with two attached hydrogens (primary N) is 1. The van der Waals surface area contributed by atoms with E-state index in [4.69, 9.17) is 5.84 Å². The molecule has 3 atom stereocenters. The van der Waals surface area contributed by atoms with Crippen LogP contribution in [0.15, 0.2) is 0 Å². The van der Waals surface area contributed by atoms with Gasteiger partial charge in [-0.15, -0.1) is 0 Å². The Labute approximate surface area is 101 Å². The maximum atomic E-state index is 5.73. The summed E-state index contributed by atoms with van der Waals surface area (Å²) < 4.78 is 0. The summed E-state index contributed by atoms with van der Waals surface area (Å²) in [6, 6.07) is 0.553. The van der Waals surface area contributed by atoms with Crippen LogP contribution in [0.4, 0.5) is 0 Å². The van der Waals surface area contributed by atoms with E-state index >= 15 is 0 Å². The molecule has 2 nitrogen and oxygen atoms in total. The van der Waals surface area contributed by atoms with Crippen LogP contribution >= 0.6 is 0 Å². The van der Waals surface area contributed by atoms with Crippen molar-refractivity contribution in [2.24, 2.45) is 23.6 Å². The molecular weight excluding hydrogens is 196 g/mol. The summed E-state index contributed by atoms with van der Waals surface area (Å²) in [5.74, 6) is 8.30. The minimum Gasteiger partial charge on any atom is -0.271 e. The van der Waals surface area contributed by atoms with E-state index in [2.05, 4.69) is 26.2 Å². The average molecular weight is 226 g/mol. The normalized spacial score (nSPS) is 32.6. The van der Waals surface area contributed by atoms with Crippen LogP contribution in [0.3, 0.4) is 0 Å². The van der Waals surface area contributed by atoms with E-state index in [9.17, 15) is 0 Å². The number of rotatable bonds is 6. The van der Waals surface area contributed by atoms with Crippen molar-refractivity contribution in [1.29, 1.82) is 0 Å². The predicted molar refractivity (Wildman–Crippen MR) is 70.9 cm³/mol. The van der Waals surface area contributed by atoms with Crippen LogP contribution in [0.1, 0.15) is 65.7 Å². The van der Waals surface area contributed by atoms with E-state index in [0.29, 0.717) is 6.04 Å². The third kappa shape index (κ3) is 4.42. The summed E-state index contributed by atoms with van der Waals surface area (Å²) in [6.45, 7) is 7.04. The fourth-order valence-corrected chi connectivity index (χ4v) is 3.41. The van der Waals surface area contributed by atoms with E-state index in [1.807, 2.05) is 0 Å². The van der Waals surface area contributed by atoms with Crippen LogP contribution < -0.4 is 11.3 Å². The summed E-state index contributed by atoms with van der Waals surface area (Å²) in [7, 11) is 0. The first kappa shape index (κ1) is 14.0. The van der Waals surface area contributed by atoms with Gasteiger partial charge in [0.2, 0.25) is 0 Å². The van der Waals surface area contributed by atoms with Gasteiger partial charge in [-0.3, -0.25) is 11.3 Å². The molecule has 1 fully saturated rings. The zero-order chi connectivity index (χ0) is 12.0. The number of hydrogen-bond acceptors (Lipinski definition) is 2. The van der Waals surface area contributed by atoms with Crippen LogP contribution in [0.2, 0.25) is 0 Å². The Kier molecular flexibility index (Phi) is 6.37. The smallest absolute Gasteiger partial charge is 0.0238 e. The van der Waals surface area contributed by atoms with E-state index in [-0.39, 0.29) is 0 Å². The highest BCUT2D eigenvalue weighted by atomic mass is 15.2. The Morgan fingerprint density at radius 2 is 1.75 bits per heavy atom. The second-order valence-electron chi connectivity index (χ2n) is 5.95. The average Bonchev–Trinajstić information content (AvgIpc) is 2.23. The molecule has 0 amide bonds. The highest BCUT2D eigenvalue weighted by molar-refractivity contribution is 4.82. The Bertz CT molecular complexity index is 172. The maximum absolute atomic E-state index is 5.73. The van der Waals surface area contributed by atoms with Gasteiger partial charge in [0.25, 0.3) is 0 Å². The lowest BCUT2D eigenvalue weighted by molar-refractivity contribution is 0.169. The van der Waals surface area contributed by atoms with Crippen molar-refractivity contribution in [3.63, 3.8) is 0 Å². The lowest BCUT2D eigenvalue weighted by Gasteiger charge is -2.36. The fourth-order valence-electron chi connectivity index (χ4n) is 3.41. The van der Waals surface area contributed by atoms with Gasteiger partial charge in [-0.05, 0) is 43.4 Å². The van der Waals surface area contributed by atoms with Crippen LogP contribution in [0.5, 0.6) is 0 Å². The van der Waals surface area contributed by atoms with Gasteiger partial charge in [-0.25, -0.2) is 0 Å². The largest absolute Gasteiger partial charge is 0.271 e. The molecular formula is C14H30N2. The minimum absolute atomic E-state index is 0.553. The van der Waals surface area contributed by atoms with Crippen molar-refractivity contribution in [3.8, 4) is 0 Å². The van der Waals surface area contributed by atoms with Gasteiger partial charge >= 0.3 is 0 Å². The van der Waals surface area contributed by atoms with Crippen LogP contribution in [0, 0.1) is 17.8 Å². The van der Waals surface area contributed by atoms with E-state index in [0.717, 1.165) is 17.8 Å². The molecule has 1 aliphatic rings. The summed E-state index contributed by atoms with van der Waals surface area (Å²) in [5, 5.41) is 0. The van der Waals surface area contributed by atoms with E-state index < -0.39 is 0 Å². The van der Waals surface area contributed by atoms with Gasteiger partial charge in [-0.1, -0.05) is 40.0 Å². The first-order chi connectivity index (χ1) is 7.67. The molecule has 3 N–H and O–H groups in total. The molecule has 96 valence electrons. The fraction of sp³-hybridized carbons (Fsp3) is 1.00. The number of hydrazine groups is 1. The first-order valence-electron chi connectivity index (χ1n) is 7.13. The van der Waals surface area contributed by atoms with Crippen LogP contribution in [0.25, 0.3) is 0 Å². The van der Waals surface area contributed by atoms with Gasteiger partial charge in [0, 0.05) is 6.04 Å². The SMILES string of the molecule is CCCCCC(NN)C1CC(C)CC(C)C1. The number of unbranched alkanes of at least 4 members (excludes halogenated alkanes) is 2. The van der Waals surface area contributed by atoms with Crippen molar-refractivity contribution in [1.82, 2.24) is 5.43 Å². The van der Waals surface area contributed by atoms with Gasteiger partial charge < -0.3 is 0 Å². The molecule has 0 spiro atoms. The Morgan fingerprint density at radius 3 is 2.25 bits per heavy atom. The van der Waals surface area contributed by atoms with Crippen LogP contribution in [-0.2, 0) is 0 Å². The van der Waals surface area contributed by atoms with Crippen molar-refractivity contribution in [2.45, 2.75) is 71.8 Å². The molecule has 0 aromatic rings. The monoisotopic (exact) mass is 226 g/mol.